The fraction of sp³-hybridized carbons (Fsp3) is 0.800. The van der Waals surface area contributed by atoms with Gasteiger partial charge in [-0.1, -0.05) is 6.92 Å². The van der Waals surface area contributed by atoms with Crippen LogP contribution in [0.5, 0.6) is 0 Å². The molecule has 1 unspecified atom stereocenters. The SMILES string of the molecule is COCCOCC(C)[C-]=O.C[CH-]C.[La]. The molecule has 0 heterocycles. The van der Waals surface area contributed by atoms with Crippen LogP contribution in [0.15, 0.2) is 0 Å². The first kappa shape index (κ1) is 20.2. The Bertz CT molecular complexity index is 99.4. The molecule has 0 saturated carbocycles. The van der Waals surface area contributed by atoms with E-state index in [9.17, 15) is 4.79 Å². The molecule has 0 rings (SSSR count). The molecule has 0 aromatic carbocycles. The van der Waals surface area contributed by atoms with E-state index in [1.165, 1.54) is 0 Å². The molecule has 4 heteroatoms. The largest absolute Gasteiger partial charge is 0.541 e. The predicted molar refractivity (Wildman–Crippen MR) is 53.2 cm³/mol. The zero-order valence-electron chi connectivity index (χ0n) is 9.58. The first-order chi connectivity index (χ1) is 6.22. The number of rotatable bonds is 6. The molecule has 1 atom stereocenters. The summed E-state index contributed by atoms with van der Waals surface area (Å²) in [5.41, 5.74) is 0. The zero-order valence-corrected chi connectivity index (χ0v) is 13.2. The van der Waals surface area contributed by atoms with Crippen LogP contribution in [-0.2, 0) is 14.3 Å². The first-order valence-corrected chi connectivity index (χ1v) is 4.41. The monoisotopic (exact) mass is 327 g/mol. The molecule has 1 radical (unpaired) electrons. The summed E-state index contributed by atoms with van der Waals surface area (Å²) in [6.45, 7) is 7.32. The predicted octanol–water partition coefficient (Wildman–Crippen LogP) is 1.63. The maximum Gasteiger partial charge on any atom is 0.0699 e. The third-order valence-corrected chi connectivity index (χ3v) is 1.00. The molecule has 0 spiro atoms. The van der Waals surface area contributed by atoms with E-state index in [0.717, 1.165) is 0 Å². The quantitative estimate of drug-likeness (QED) is 0.549. The zero-order chi connectivity index (χ0) is 10.5. The molecular weight excluding hydrogens is 307 g/mol. The van der Waals surface area contributed by atoms with Crippen molar-refractivity contribution in [1.29, 1.82) is 0 Å². The summed E-state index contributed by atoms with van der Waals surface area (Å²) in [6, 6.07) is 0. The average Bonchev–Trinajstić information content (AvgIpc) is 2.13. The van der Waals surface area contributed by atoms with Gasteiger partial charge in [-0.2, -0.15) is 13.8 Å². The van der Waals surface area contributed by atoms with Crippen LogP contribution in [-0.4, -0.2) is 33.2 Å². The fourth-order valence-corrected chi connectivity index (χ4v) is 0.436. The van der Waals surface area contributed by atoms with Gasteiger partial charge in [-0.15, -0.1) is 5.92 Å². The fourth-order valence-electron chi connectivity index (χ4n) is 0.436. The van der Waals surface area contributed by atoms with Crippen molar-refractivity contribution in [3.05, 3.63) is 6.42 Å². The molecule has 0 N–H and O–H groups in total. The molecule has 0 aliphatic carbocycles. The molecule has 0 aliphatic heterocycles. The summed E-state index contributed by atoms with van der Waals surface area (Å²) in [5.74, 6) is -0.128. The summed E-state index contributed by atoms with van der Waals surface area (Å²) in [7, 11) is 1.61. The van der Waals surface area contributed by atoms with Gasteiger partial charge in [0.05, 0.1) is 13.2 Å². The number of carbonyl (C=O) groups excluding carboxylic acids is 1. The van der Waals surface area contributed by atoms with E-state index < -0.39 is 0 Å². The van der Waals surface area contributed by atoms with Crippen LogP contribution in [0.4, 0.5) is 0 Å². The van der Waals surface area contributed by atoms with Gasteiger partial charge in [-0.3, -0.25) is 6.29 Å². The summed E-state index contributed by atoms with van der Waals surface area (Å²) in [5, 5.41) is 0. The Balaban J connectivity index is -0.000000267. The molecule has 0 aliphatic rings. The van der Waals surface area contributed by atoms with Crippen molar-refractivity contribution in [3.8, 4) is 0 Å². The molecule has 0 bridgehead atoms. The van der Waals surface area contributed by atoms with Crippen LogP contribution in [0.3, 0.4) is 0 Å². The standard InChI is InChI=1S/C7H13O3.C3H7.La/c1-7(5-8)6-10-4-3-9-2;1-3-2;/h7H,3-4,6H2,1-2H3;3H,1-2H3;/q2*-1;. The summed E-state index contributed by atoms with van der Waals surface area (Å²) >= 11 is 0. The van der Waals surface area contributed by atoms with Crippen molar-refractivity contribution in [3.63, 3.8) is 0 Å². The minimum atomic E-state index is -0.128. The van der Waals surface area contributed by atoms with Gasteiger partial charge in [0.25, 0.3) is 0 Å². The first-order valence-electron chi connectivity index (χ1n) is 4.41. The normalized spacial score (nSPS) is 10.6. The van der Waals surface area contributed by atoms with Crippen molar-refractivity contribution < 1.29 is 49.9 Å². The third-order valence-electron chi connectivity index (χ3n) is 1.00. The van der Waals surface area contributed by atoms with E-state index in [4.69, 9.17) is 9.47 Å². The van der Waals surface area contributed by atoms with Crippen LogP contribution >= 0.6 is 0 Å². The van der Waals surface area contributed by atoms with Crippen molar-refractivity contribution in [2.45, 2.75) is 20.8 Å². The Kier molecular flexibility index (Phi) is 28.0. The third kappa shape index (κ3) is 23.0. The minimum Gasteiger partial charge on any atom is -0.541 e. The molecule has 14 heavy (non-hydrogen) atoms. The van der Waals surface area contributed by atoms with Gasteiger partial charge in [-0.25, -0.2) is 0 Å². The minimum absolute atomic E-state index is 0. The Labute approximate surface area is 116 Å². The smallest absolute Gasteiger partial charge is 0.0699 e. The second kappa shape index (κ2) is 19.4. The van der Waals surface area contributed by atoms with E-state index in [0.29, 0.717) is 19.8 Å². The van der Waals surface area contributed by atoms with E-state index in [1.807, 2.05) is 26.6 Å². The molecule has 0 aromatic heterocycles. The second-order valence-corrected chi connectivity index (χ2v) is 2.66. The molecule has 83 valence electrons. The van der Waals surface area contributed by atoms with Crippen LogP contribution in [0.2, 0.25) is 0 Å². The topological polar surface area (TPSA) is 35.5 Å². The Hall–Kier alpha value is 0.785. The van der Waals surface area contributed by atoms with Gasteiger partial charge < -0.3 is 20.7 Å². The Morgan fingerprint density at radius 2 is 1.86 bits per heavy atom. The molecule has 3 nitrogen and oxygen atoms in total. The maximum absolute atomic E-state index is 9.93. The number of hydrogen-bond donors (Lipinski definition) is 0. The van der Waals surface area contributed by atoms with Crippen molar-refractivity contribution >= 4 is 6.29 Å². The average molecular weight is 327 g/mol. The van der Waals surface area contributed by atoms with Gasteiger partial charge in [0.1, 0.15) is 0 Å². The van der Waals surface area contributed by atoms with E-state index >= 15 is 0 Å². The van der Waals surface area contributed by atoms with Crippen LogP contribution < -0.4 is 0 Å². The number of methoxy groups -OCH3 is 1. The number of hydrogen-bond acceptors (Lipinski definition) is 3. The van der Waals surface area contributed by atoms with Gasteiger partial charge in [0.15, 0.2) is 0 Å². The van der Waals surface area contributed by atoms with Gasteiger partial charge in [0, 0.05) is 49.3 Å². The van der Waals surface area contributed by atoms with Crippen molar-refractivity contribution in [2.24, 2.45) is 5.92 Å². The van der Waals surface area contributed by atoms with Gasteiger partial charge in [0.2, 0.25) is 0 Å². The van der Waals surface area contributed by atoms with E-state index in [1.54, 1.807) is 14.0 Å². The van der Waals surface area contributed by atoms with Gasteiger partial charge in [-0.05, 0) is 0 Å². The van der Waals surface area contributed by atoms with Gasteiger partial charge >= 0.3 is 0 Å². The summed E-state index contributed by atoms with van der Waals surface area (Å²) in [6.07, 6.45) is 3.83. The Morgan fingerprint density at radius 3 is 2.21 bits per heavy atom. The molecular formula is C10H20LaO3-2. The van der Waals surface area contributed by atoms with Crippen LogP contribution in [0.1, 0.15) is 20.8 Å². The molecule has 0 fully saturated rings. The summed E-state index contributed by atoms with van der Waals surface area (Å²) in [4.78, 5) is 9.93. The maximum atomic E-state index is 9.93. The molecule has 0 saturated heterocycles. The van der Waals surface area contributed by atoms with Crippen molar-refractivity contribution in [1.82, 2.24) is 0 Å². The second-order valence-electron chi connectivity index (χ2n) is 2.66. The van der Waals surface area contributed by atoms with E-state index in [2.05, 4.69) is 0 Å². The molecule has 0 aromatic rings. The van der Waals surface area contributed by atoms with Crippen LogP contribution in [0, 0.1) is 47.9 Å². The Morgan fingerprint density at radius 1 is 1.36 bits per heavy atom. The van der Waals surface area contributed by atoms with Crippen molar-refractivity contribution in [2.75, 3.05) is 26.9 Å². The van der Waals surface area contributed by atoms with E-state index in [-0.39, 0.29) is 41.5 Å². The molecule has 0 amide bonds. The van der Waals surface area contributed by atoms with Crippen LogP contribution in [0.25, 0.3) is 0 Å². The number of ether oxygens (including phenoxy) is 2. The summed E-state index contributed by atoms with van der Waals surface area (Å²) < 4.78 is 9.77.